The minimum atomic E-state index is -3.54. The molecule has 3 N–H and O–H groups in total. The zero-order chi connectivity index (χ0) is 31.3. The maximum absolute atomic E-state index is 12.5. The number of urea groups is 1. The van der Waals surface area contributed by atoms with Crippen LogP contribution in [-0.2, 0) is 27.8 Å². The summed E-state index contributed by atoms with van der Waals surface area (Å²) in [6.07, 6.45) is 2.61. The van der Waals surface area contributed by atoms with Crippen LogP contribution in [0.5, 0.6) is 11.6 Å². The third kappa shape index (κ3) is 6.68. The largest absolute Gasteiger partial charge is 0.496 e. The van der Waals surface area contributed by atoms with Crippen molar-refractivity contribution in [2.24, 2.45) is 0 Å². The Morgan fingerprint density at radius 1 is 1.02 bits per heavy atom. The van der Waals surface area contributed by atoms with Gasteiger partial charge in [-0.05, 0) is 42.3 Å². The fraction of sp³-hybridized carbons (Fsp3) is 0.333. The van der Waals surface area contributed by atoms with Crippen LogP contribution in [0.4, 0.5) is 15.6 Å². The summed E-state index contributed by atoms with van der Waals surface area (Å²) in [4.78, 5) is 34.1. The fourth-order valence-electron chi connectivity index (χ4n) is 5.26. The van der Waals surface area contributed by atoms with Crippen molar-refractivity contribution in [2.75, 3.05) is 44.5 Å². The lowest BCUT2D eigenvalue weighted by molar-refractivity contribution is -0.756. The van der Waals surface area contributed by atoms with Crippen LogP contribution in [0.3, 0.4) is 0 Å². The highest BCUT2D eigenvalue weighted by Gasteiger charge is 2.45. The number of anilines is 2. The van der Waals surface area contributed by atoms with Crippen molar-refractivity contribution in [1.82, 2.24) is 14.7 Å². The monoisotopic (exact) mass is 639 g/mol. The van der Waals surface area contributed by atoms with Gasteiger partial charge < -0.3 is 14.8 Å². The summed E-state index contributed by atoms with van der Waals surface area (Å²) in [5, 5.41) is 6.44. The molecule has 44 heavy (non-hydrogen) atoms. The molecular formula is C30H35N6O6S2+. The van der Waals surface area contributed by atoms with Gasteiger partial charge in [-0.3, -0.25) is 0 Å². The molecule has 0 unspecified atom stereocenters. The number of rotatable bonds is 7. The molecule has 232 valence electrons. The molecule has 0 atom stereocenters. The first-order chi connectivity index (χ1) is 21.1. The SMILES string of the molecule is COc1ccc2nc(NC(=O)[N+]3(C(C)=O)CCCC3)sc2n1.COc1ccccc1CNS(=O)(=O)c1ccc2c(c1)CCN2. The Hall–Kier alpha value is -4.11. The number of pyridine rings is 1. The summed E-state index contributed by atoms with van der Waals surface area (Å²) in [5.41, 5.74) is 3.55. The maximum Gasteiger partial charge on any atom is 0.430 e. The Kier molecular flexibility index (Phi) is 9.44. The Balaban J connectivity index is 0.000000175. The highest BCUT2D eigenvalue weighted by atomic mass is 32.2. The fourth-order valence-corrected chi connectivity index (χ4v) is 7.13. The van der Waals surface area contributed by atoms with E-state index in [0.29, 0.717) is 45.1 Å². The second-order valence-electron chi connectivity index (χ2n) is 10.4. The number of hydrogen-bond donors (Lipinski definition) is 3. The molecule has 0 aliphatic carbocycles. The van der Waals surface area contributed by atoms with Gasteiger partial charge in [0.1, 0.15) is 16.1 Å². The van der Waals surface area contributed by atoms with E-state index in [2.05, 4.69) is 25.3 Å². The lowest BCUT2D eigenvalue weighted by Crippen LogP contribution is -2.55. The number of nitrogens with zero attached hydrogens (tertiary/aromatic N) is 3. The summed E-state index contributed by atoms with van der Waals surface area (Å²) >= 11 is 1.27. The molecule has 12 nitrogen and oxygen atoms in total. The number of fused-ring (bicyclic) bond motifs is 2. The Morgan fingerprint density at radius 2 is 1.80 bits per heavy atom. The number of quaternary nitrogens is 1. The molecule has 0 bridgehead atoms. The molecule has 3 amide bonds. The first-order valence-electron chi connectivity index (χ1n) is 14.1. The topological polar surface area (TPSA) is 149 Å². The highest BCUT2D eigenvalue weighted by molar-refractivity contribution is 7.89. The van der Waals surface area contributed by atoms with Gasteiger partial charge >= 0.3 is 11.9 Å². The summed E-state index contributed by atoms with van der Waals surface area (Å²) in [7, 11) is -0.420. The van der Waals surface area contributed by atoms with Gasteiger partial charge in [-0.1, -0.05) is 29.5 Å². The van der Waals surface area contributed by atoms with Crippen molar-refractivity contribution in [3.05, 3.63) is 65.7 Å². The molecule has 1 saturated heterocycles. The molecule has 2 aromatic heterocycles. The molecule has 4 aromatic rings. The van der Waals surface area contributed by atoms with Gasteiger partial charge in [0.05, 0.1) is 39.1 Å². The van der Waals surface area contributed by atoms with Crippen molar-refractivity contribution >= 4 is 54.5 Å². The minimum Gasteiger partial charge on any atom is -0.496 e. The van der Waals surface area contributed by atoms with Gasteiger partial charge in [0, 0.05) is 43.2 Å². The van der Waals surface area contributed by atoms with Crippen molar-refractivity contribution < 1.29 is 32.0 Å². The molecule has 6 rings (SSSR count). The third-order valence-electron chi connectivity index (χ3n) is 7.72. The number of para-hydroxylation sites is 1. The zero-order valence-electron chi connectivity index (χ0n) is 24.8. The van der Waals surface area contributed by atoms with Crippen LogP contribution >= 0.6 is 11.3 Å². The number of ether oxygens (including phenoxy) is 2. The van der Waals surface area contributed by atoms with Crippen molar-refractivity contribution in [3.8, 4) is 11.6 Å². The smallest absolute Gasteiger partial charge is 0.430 e. The lowest BCUT2D eigenvalue weighted by Gasteiger charge is -2.26. The number of thiazole rings is 1. The molecule has 1 fully saturated rings. The molecule has 0 saturated carbocycles. The second kappa shape index (κ2) is 13.3. The van der Waals surface area contributed by atoms with Crippen LogP contribution in [0.2, 0.25) is 0 Å². The van der Waals surface area contributed by atoms with Crippen molar-refractivity contribution in [1.29, 1.82) is 0 Å². The summed E-state index contributed by atoms with van der Waals surface area (Å²) in [6, 6.07) is 15.7. The number of hydrogen-bond acceptors (Lipinski definition) is 10. The van der Waals surface area contributed by atoms with Crippen LogP contribution in [0.25, 0.3) is 10.3 Å². The number of methoxy groups -OCH3 is 2. The van der Waals surface area contributed by atoms with E-state index in [1.54, 1.807) is 38.5 Å². The molecule has 0 spiro atoms. The van der Waals surface area contributed by atoms with E-state index in [4.69, 9.17) is 9.47 Å². The third-order valence-corrected chi connectivity index (χ3v) is 10.00. The number of amides is 3. The number of imide groups is 1. The van der Waals surface area contributed by atoms with Crippen molar-refractivity contribution in [3.63, 3.8) is 0 Å². The minimum absolute atomic E-state index is 0.129. The molecule has 0 radical (unpaired) electrons. The van der Waals surface area contributed by atoms with E-state index in [-0.39, 0.29) is 23.0 Å². The first kappa shape index (κ1) is 31.3. The quantitative estimate of drug-likeness (QED) is 0.248. The first-order valence-corrected chi connectivity index (χ1v) is 16.4. The number of carbonyl (C=O) groups is 2. The van der Waals surface area contributed by atoms with Gasteiger partial charge in [-0.2, -0.15) is 4.48 Å². The number of aromatic nitrogens is 2. The number of nitrogens with one attached hydrogen (secondary N) is 3. The predicted molar refractivity (Wildman–Crippen MR) is 169 cm³/mol. The highest BCUT2D eigenvalue weighted by Crippen LogP contribution is 2.29. The molecule has 2 aliphatic rings. The van der Waals surface area contributed by atoms with E-state index in [1.165, 1.54) is 18.3 Å². The molecule has 4 heterocycles. The van der Waals surface area contributed by atoms with E-state index in [0.717, 1.165) is 42.6 Å². The van der Waals surface area contributed by atoms with Crippen LogP contribution in [0.1, 0.15) is 30.9 Å². The van der Waals surface area contributed by atoms with Gasteiger partial charge in [0.2, 0.25) is 15.9 Å². The van der Waals surface area contributed by atoms with Crippen LogP contribution in [0, 0.1) is 0 Å². The number of sulfonamides is 1. The normalized spacial score (nSPS) is 15.1. The maximum atomic E-state index is 12.5. The molecular weight excluding hydrogens is 604 g/mol. The van der Waals surface area contributed by atoms with Crippen LogP contribution < -0.4 is 24.8 Å². The molecule has 2 aliphatic heterocycles. The van der Waals surface area contributed by atoms with Crippen molar-refractivity contribution in [2.45, 2.75) is 37.6 Å². The van der Waals surface area contributed by atoms with Gasteiger partial charge in [-0.25, -0.2) is 38.0 Å². The Morgan fingerprint density at radius 3 is 2.52 bits per heavy atom. The standard InChI is InChI=1S/C16H18N2O3S.C14H16N4O3S/c1-21-16-5-3-2-4-13(16)11-18-22(19,20)14-6-7-15-12(10-14)8-9-17-15;1-9(19)18(7-3-4-8-18)14(20)17-13-15-10-5-6-11(21-2)16-12(10)22-13/h2-7,10,17-18H,8-9,11H2,1H3;5-6H,3-4,7-8H2,1-2H3/p+1. The summed E-state index contributed by atoms with van der Waals surface area (Å²) in [5.74, 6) is 1.04. The molecule has 14 heteroatoms. The van der Waals surface area contributed by atoms with Crippen LogP contribution in [0.15, 0.2) is 59.5 Å². The number of carbonyl (C=O) groups excluding carboxylic acids is 2. The van der Waals surface area contributed by atoms with E-state index in [1.807, 2.05) is 30.3 Å². The zero-order valence-corrected chi connectivity index (χ0v) is 26.4. The van der Waals surface area contributed by atoms with Gasteiger partial charge in [0.25, 0.3) is 0 Å². The average molecular weight is 640 g/mol. The van der Waals surface area contributed by atoms with Gasteiger partial charge in [-0.15, -0.1) is 0 Å². The summed E-state index contributed by atoms with van der Waals surface area (Å²) in [6.45, 7) is 3.63. The Labute approximate surface area is 260 Å². The summed E-state index contributed by atoms with van der Waals surface area (Å²) < 4.78 is 37.7. The average Bonchev–Trinajstić information content (AvgIpc) is 3.79. The number of benzene rings is 2. The van der Waals surface area contributed by atoms with E-state index >= 15 is 0 Å². The molecule has 2 aromatic carbocycles. The number of likely N-dealkylation sites (tertiary alicyclic amines) is 1. The lowest BCUT2D eigenvalue weighted by atomic mass is 10.2. The van der Waals surface area contributed by atoms with E-state index in [9.17, 15) is 18.0 Å². The Bertz CT molecular complexity index is 1790. The van der Waals surface area contributed by atoms with Crippen LogP contribution in [-0.4, -0.2) is 68.7 Å². The second-order valence-corrected chi connectivity index (χ2v) is 13.1. The van der Waals surface area contributed by atoms with E-state index < -0.39 is 10.0 Å². The van der Waals surface area contributed by atoms with Gasteiger partial charge in [0.15, 0.2) is 5.13 Å². The predicted octanol–water partition coefficient (Wildman–Crippen LogP) is 4.53.